The summed E-state index contributed by atoms with van der Waals surface area (Å²) < 4.78 is 11.5. The van der Waals surface area contributed by atoms with E-state index in [0.717, 1.165) is 54.8 Å². The molecule has 192 valence electrons. The molecular weight excluding hydrogens is 470 g/mol. The van der Waals surface area contributed by atoms with Crippen LogP contribution < -0.4 is 19.8 Å². The molecule has 37 heavy (non-hydrogen) atoms. The number of carbonyl (C=O) groups excluding carboxylic acids is 2. The van der Waals surface area contributed by atoms with Gasteiger partial charge in [0.1, 0.15) is 17.9 Å². The Balaban J connectivity index is 1.43. The molecular formula is C28H31N5O4. The number of aromatic nitrogens is 2. The number of benzene rings is 2. The van der Waals surface area contributed by atoms with Crippen LogP contribution in [0.4, 0.5) is 11.6 Å². The van der Waals surface area contributed by atoms with Gasteiger partial charge in [0.15, 0.2) is 0 Å². The maximum Gasteiger partial charge on any atom is 0.276 e. The highest BCUT2D eigenvalue weighted by molar-refractivity contribution is 5.97. The quantitative estimate of drug-likeness (QED) is 0.520. The van der Waals surface area contributed by atoms with Crippen molar-refractivity contribution in [1.82, 2.24) is 20.4 Å². The average molecular weight is 502 g/mol. The van der Waals surface area contributed by atoms with Gasteiger partial charge < -0.3 is 14.4 Å². The van der Waals surface area contributed by atoms with E-state index < -0.39 is 5.91 Å². The van der Waals surface area contributed by atoms with Gasteiger partial charge in [0.25, 0.3) is 5.91 Å². The first-order valence-electron chi connectivity index (χ1n) is 12.6. The Kier molecular flexibility index (Phi) is 7.20. The normalized spacial score (nSPS) is 15.2. The van der Waals surface area contributed by atoms with Crippen LogP contribution in [-0.4, -0.2) is 47.0 Å². The minimum absolute atomic E-state index is 0.0896. The molecule has 1 N–H and O–H groups in total. The third-order valence-corrected chi connectivity index (χ3v) is 6.76. The molecule has 3 heterocycles. The van der Waals surface area contributed by atoms with Crippen molar-refractivity contribution < 1.29 is 19.1 Å². The minimum Gasteiger partial charge on any atom is -0.496 e. The molecule has 0 bridgehead atoms. The van der Waals surface area contributed by atoms with E-state index in [1.54, 1.807) is 7.11 Å². The zero-order valence-corrected chi connectivity index (χ0v) is 21.2. The average Bonchev–Trinajstić information content (AvgIpc) is 3.24. The number of fused-ring (bicyclic) bond motifs is 1. The molecule has 0 radical (unpaired) electrons. The van der Waals surface area contributed by atoms with Crippen LogP contribution in [0.25, 0.3) is 0 Å². The van der Waals surface area contributed by atoms with E-state index in [1.165, 1.54) is 16.8 Å². The van der Waals surface area contributed by atoms with Crippen molar-refractivity contribution >= 4 is 23.5 Å². The second kappa shape index (κ2) is 10.9. The fraction of sp³-hybridized carbons (Fsp3) is 0.357. The maximum absolute atomic E-state index is 13.3. The van der Waals surface area contributed by atoms with E-state index >= 15 is 0 Å². The van der Waals surface area contributed by atoms with E-state index in [-0.39, 0.29) is 24.0 Å². The summed E-state index contributed by atoms with van der Waals surface area (Å²) in [6.45, 7) is 3.40. The van der Waals surface area contributed by atoms with Crippen molar-refractivity contribution in [2.45, 2.75) is 45.6 Å². The van der Waals surface area contributed by atoms with Crippen LogP contribution in [0.15, 0.2) is 48.7 Å². The number of carbonyl (C=O) groups is 2. The lowest BCUT2D eigenvalue weighted by molar-refractivity contribution is -0.133. The Bertz CT molecular complexity index is 1310. The first kappa shape index (κ1) is 24.5. The first-order valence-corrected chi connectivity index (χ1v) is 12.6. The van der Waals surface area contributed by atoms with Crippen LogP contribution in [0, 0.1) is 6.92 Å². The van der Waals surface area contributed by atoms with Gasteiger partial charge in [-0.15, -0.1) is 0 Å². The maximum atomic E-state index is 13.3. The molecule has 9 heteroatoms. The molecule has 3 aromatic rings. The Hall–Kier alpha value is -4.14. The van der Waals surface area contributed by atoms with Crippen LogP contribution >= 0.6 is 0 Å². The van der Waals surface area contributed by atoms with Crippen LogP contribution in [0.3, 0.4) is 0 Å². The number of hydrazine groups is 1. The molecule has 2 aliphatic rings. The molecule has 2 amide bonds. The number of amides is 2. The topological polar surface area (TPSA) is 96.9 Å². The molecule has 5 rings (SSSR count). The van der Waals surface area contributed by atoms with Gasteiger partial charge in [0.2, 0.25) is 17.7 Å². The summed E-state index contributed by atoms with van der Waals surface area (Å²) in [7, 11) is 1.64. The molecule has 0 unspecified atom stereocenters. The Labute approximate surface area is 216 Å². The zero-order valence-electron chi connectivity index (χ0n) is 21.2. The van der Waals surface area contributed by atoms with Gasteiger partial charge in [0.05, 0.1) is 7.11 Å². The van der Waals surface area contributed by atoms with Crippen molar-refractivity contribution in [3.8, 4) is 11.6 Å². The molecule has 0 atom stereocenters. The predicted octanol–water partition coefficient (Wildman–Crippen LogP) is 4.11. The number of hydrogen-bond acceptors (Lipinski definition) is 7. The van der Waals surface area contributed by atoms with E-state index in [9.17, 15) is 9.59 Å². The number of nitrogens with zero attached hydrogens (tertiary/aromatic N) is 4. The van der Waals surface area contributed by atoms with Crippen molar-refractivity contribution in [3.63, 3.8) is 0 Å². The number of ether oxygens (including phenoxy) is 2. The summed E-state index contributed by atoms with van der Waals surface area (Å²) in [6.07, 6.45) is 5.43. The van der Waals surface area contributed by atoms with Gasteiger partial charge in [-0.05, 0) is 61.1 Å². The lowest BCUT2D eigenvalue weighted by Gasteiger charge is -2.22. The molecule has 2 aliphatic heterocycles. The number of rotatable bonds is 7. The largest absolute Gasteiger partial charge is 0.496 e. The zero-order chi connectivity index (χ0) is 25.8. The van der Waals surface area contributed by atoms with Crippen molar-refractivity contribution in [2.24, 2.45) is 0 Å². The van der Waals surface area contributed by atoms with Gasteiger partial charge in [-0.3, -0.25) is 20.0 Å². The fourth-order valence-electron chi connectivity index (χ4n) is 4.76. The van der Waals surface area contributed by atoms with Crippen LogP contribution in [0.2, 0.25) is 0 Å². The Morgan fingerprint density at radius 3 is 2.78 bits per heavy atom. The number of hydrogen-bond donors (Lipinski definition) is 1. The third kappa shape index (κ3) is 5.35. The van der Waals surface area contributed by atoms with Gasteiger partial charge in [-0.2, -0.15) is 4.98 Å². The summed E-state index contributed by atoms with van der Waals surface area (Å²) in [5, 5.41) is 1.40. The van der Waals surface area contributed by atoms with Crippen molar-refractivity contribution in [3.05, 3.63) is 70.9 Å². The summed E-state index contributed by atoms with van der Waals surface area (Å²) in [4.78, 5) is 36.9. The van der Waals surface area contributed by atoms with E-state index in [2.05, 4.69) is 21.5 Å². The monoisotopic (exact) mass is 501 g/mol. The fourth-order valence-corrected chi connectivity index (χ4v) is 4.76. The number of aryl methyl sites for hydroxylation is 1. The Morgan fingerprint density at radius 1 is 1.08 bits per heavy atom. The molecule has 1 fully saturated rings. The second-order valence-corrected chi connectivity index (χ2v) is 9.31. The van der Waals surface area contributed by atoms with E-state index in [4.69, 9.17) is 9.47 Å². The second-order valence-electron chi connectivity index (χ2n) is 9.31. The molecule has 0 spiro atoms. The summed E-state index contributed by atoms with van der Waals surface area (Å²) in [6, 6.07) is 13.9. The molecule has 0 saturated carbocycles. The third-order valence-electron chi connectivity index (χ3n) is 6.76. The Morgan fingerprint density at radius 2 is 1.95 bits per heavy atom. The molecule has 9 nitrogen and oxygen atoms in total. The first-order chi connectivity index (χ1) is 18.0. The number of methoxy groups -OCH3 is 1. The molecule has 1 aromatic heterocycles. The van der Waals surface area contributed by atoms with Gasteiger partial charge in [-0.1, -0.05) is 30.7 Å². The van der Waals surface area contributed by atoms with Gasteiger partial charge >= 0.3 is 0 Å². The SMILES string of the molecule is COc1ccc(COc2nc(N3CCc4ccccc43)ncc2C(=O)NN2CCCCCC2=O)cc1C. The molecule has 2 aromatic carbocycles. The molecule has 0 aliphatic carbocycles. The standard InChI is InChI=1S/C28H31N5O4/c1-19-16-20(11-12-24(19)36-2)18-37-27-22(26(35)31-33-14-7-3-4-10-25(33)34)17-29-28(30-27)32-15-13-21-8-5-6-9-23(21)32/h5-6,8-9,11-12,16-17H,3-4,7,10,13-15,18H2,1-2H3,(H,31,35). The highest BCUT2D eigenvalue weighted by Gasteiger charge is 2.26. The van der Waals surface area contributed by atoms with Crippen molar-refractivity contribution in [1.29, 1.82) is 0 Å². The smallest absolute Gasteiger partial charge is 0.276 e. The van der Waals surface area contributed by atoms with E-state index in [1.807, 2.05) is 48.2 Å². The minimum atomic E-state index is -0.468. The number of nitrogens with one attached hydrogen (secondary N) is 1. The van der Waals surface area contributed by atoms with Crippen LogP contribution in [-0.2, 0) is 17.8 Å². The summed E-state index contributed by atoms with van der Waals surface area (Å²) in [5.41, 5.74) is 7.10. The highest BCUT2D eigenvalue weighted by atomic mass is 16.5. The predicted molar refractivity (Wildman–Crippen MR) is 139 cm³/mol. The number of para-hydroxylation sites is 1. The molecule has 1 saturated heterocycles. The van der Waals surface area contributed by atoms with Crippen LogP contribution in [0.1, 0.15) is 52.7 Å². The summed E-state index contributed by atoms with van der Waals surface area (Å²) in [5.74, 6) is 0.872. The van der Waals surface area contributed by atoms with Gasteiger partial charge in [0, 0.05) is 31.4 Å². The lowest BCUT2D eigenvalue weighted by atomic mass is 10.1. The highest BCUT2D eigenvalue weighted by Crippen LogP contribution is 2.33. The lowest BCUT2D eigenvalue weighted by Crippen LogP contribution is -2.46. The van der Waals surface area contributed by atoms with Gasteiger partial charge in [-0.25, -0.2) is 4.98 Å². The van der Waals surface area contributed by atoms with E-state index in [0.29, 0.717) is 18.9 Å². The van der Waals surface area contributed by atoms with Crippen LogP contribution in [0.5, 0.6) is 11.6 Å². The van der Waals surface area contributed by atoms with Crippen molar-refractivity contribution in [2.75, 3.05) is 25.1 Å². The summed E-state index contributed by atoms with van der Waals surface area (Å²) >= 11 is 0. The number of anilines is 2.